The highest BCUT2D eigenvalue weighted by Crippen LogP contribution is 2.18. The van der Waals surface area contributed by atoms with E-state index < -0.39 is 0 Å². The smallest absolute Gasteiger partial charge is 0.174 e. The number of hydrogen-bond donors (Lipinski definition) is 1. The molecule has 20 heavy (non-hydrogen) atoms. The van der Waals surface area contributed by atoms with Gasteiger partial charge in [0.2, 0.25) is 0 Å². The summed E-state index contributed by atoms with van der Waals surface area (Å²) >= 11 is 0. The summed E-state index contributed by atoms with van der Waals surface area (Å²) in [5.41, 5.74) is 2.12. The van der Waals surface area contributed by atoms with E-state index in [0.717, 1.165) is 17.0 Å². The van der Waals surface area contributed by atoms with Gasteiger partial charge in [-0.1, -0.05) is 18.2 Å². The van der Waals surface area contributed by atoms with Crippen LogP contribution in [0.25, 0.3) is 0 Å². The van der Waals surface area contributed by atoms with Crippen molar-refractivity contribution in [2.75, 3.05) is 19.0 Å². The van der Waals surface area contributed by atoms with Gasteiger partial charge in [0.15, 0.2) is 6.61 Å². The Kier molecular flexibility index (Phi) is 4.85. The third-order valence-corrected chi connectivity index (χ3v) is 2.79. The van der Waals surface area contributed by atoms with Crippen LogP contribution in [-0.4, -0.2) is 13.7 Å². The van der Waals surface area contributed by atoms with Crippen LogP contribution in [0, 0.1) is 11.3 Å². The Bertz CT molecular complexity index is 588. The maximum Gasteiger partial charge on any atom is 0.174 e. The first kappa shape index (κ1) is 13.8. The predicted molar refractivity (Wildman–Crippen MR) is 77.9 cm³/mol. The minimum absolute atomic E-state index is 0.0575. The van der Waals surface area contributed by atoms with Crippen molar-refractivity contribution in [2.45, 2.75) is 6.54 Å². The van der Waals surface area contributed by atoms with Gasteiger partial charge in [-0.2, -0.15) is 5.26 Å². The monoisotopic (exact) mass is 268 g/mol. The first-order valence-electron chi connectivity index (χ1n) is 6.28. The lowest BCUT2D eigenvalue weighted by molar-refractivity contribution is 0.368. The van der Waals surface area contributed by atoms with Gasteiger partial charge in [0.25, 0.3) is 0 Å². The number of nitrogens with zero attached hydrogens (tertiary/aromatic N) is 1. The molecule has 0 spiro atoms. The third-order valence-electron chi connectivity index (χ3n) is 2.79. The Morgan fingerprint density at radius 2 is 1.90 bits per heavy atom. The molecule has 4 nitrogen and oxygen atoms in total. The second-order valence-electron chi connectivity index (χ2n) is 4.18. The molecule has 0 saturated heterocycles. The fraction of sp³-hybridized carbons (Fsp3) is 0.188. The zero-order valence-corrected chi connectivity index (χ0v) is 11.3. The van der Waals surface area contributed by atoms with E-state index >= 15 is 0 Å². The van der Waals surface area contributed by atoms with Gasteiger partial charge in [0, 0.05) is 18.3 Å². The minimum atomic E-state index is 0.0575. The maximum absolute atomic E-state index is 8.49. The Labute approximate surface area is 118 Å². The first-order valence-corrected chi connectivity index (χ1v) is 6.28. The van der Waals surface area contributed by atoms with E-state index in [-0.39, 0.29) is 6.61 Å². The number of rotatable bonds is 6. The molecule has 0 bridgehead atoms. The number of methoxy groups -OCH3 is 1. The third kappa shape index (κ3) is 3.92. The predicted octanol–water partition coefficient (Wildman–Crippen LogP) is 3.21. The minimum Gasteiger partial charge on any atom is -0.497 e. The molecule has 2 rings (SSSR count). The molecule has 0 amide bonds. The van der Waals surface area contributed by atoms with Crippen LogP contribution < -0.4 is 14.8 Å². The molecule has 0 heterocycles. The van der Waals surface area contributed by atoms with Crippen molar-refractivity contribution in [1.82, 2.24) is 0 Å². The average Bonchev–Trinajstić information content (AvgIpc) is 2.52. The summed E-state index contributed by atoms with van der Waals surface area (Å²) < 4.78 is 10.4. The zero-order valence-electron chi connectivity index (χ0n) is 11.3. The van der Waals surface area contributed by atoms with Crippen molar-refractivity contribution < 1.29 is 9.47 Å². The molecular formula is C16H16N2O2. The number of nitrogens with one attached hydrogen (secondary N) is 1. The lowest BCUT2D eigenvalue weighted by atomic mass is 10.2. The second-order valence-corrected chi connectivity index (χ2v) is 4.18. The number of hydrogen-bond acceptors (Lipinski definition) is 4. The summed E-state index contributed by atoms with van der Waals surface area (Å²) in [6, 6.07) is 17.4. The van der Waals surface area contributed by atoms with E-state index in [1.807, 2.05) is 54.6 Å². The van der Waals surface area contributed by atoms with Crippen LogP contribution in [0.3, 0.4) is 0 Å². The molecular weight excluding hydrogens is 252 g/mol. The van der Waals surface area contributed by atoms with Crippen LogP contribution in [0.4, 0.5) is 5.69 Å². The number of anilines is 1. The molecule has 0 aliphatic rings. The molecule has 0 saturated carbocycles. The molecule has 0 aliphatic heterocycles. The van der Waals surface area contributed by atoms with Crippen molar-refractivity contribution in [2.24, 2.45) is 0 Å². The largest absolute Gasteiger partial charge is 0.497 e. The van der Waals surface area contributed by atoms with Crippen molar-refractivity contribution in [1.29, 1.82) is 5.26 Å². The quantitative estimate of drug-likeness (QED) is 0.874. The molecule has 102 valence electrons. The van der Waals surface area contributed by atoms with Crippen molar-refractivity contribution >= 4 is 5.69 Å². The summed E-state index contributed by atoms with van der Waals surface area (Å²) in [6.45, 7) is 0.771. The molecule has 0 fully saturated rings. The highest BCUT2D eigenvalue weighted by molar-refractivity contribution is 5.48. The molecule has 0 atom stereocenters. The second kappa shape index (κ2) is 7.05. The molecule has 0 unspecified atom stereocenters. The average molecular weight is 268 g/mol. The molecule has 0 aliphatic carbocycles. The first-order chi connectivity index (χ1) is 9.81. The van der Waals surface area contributed by atoms with Gasteiger partial charge in [0.05, 0.1) is 7.11 Å². The summed E-state index contributed by atoms with van der Waals surface area (Å²) in [5, 5.41) is 11.8. The molecule has 0 aromatic heterocycles. The molecule has 1 N–H and O–H groups in total. The topological polar surface area (TPSA) is 54.3 Å². The van der Waals surface area contributed by atoms with E-state index in [0.29, 0.717) is 12.3 Å². The molecule has 4 heteroatoms. The number of benzene rings is 2. The highest BCUT2D eigenvalue weighted by Gasteiger charge is 1.98. The molecule has 2 aromatic rings. The Hall–Kier alpha value is -2.67. The van der Waals surface area contributed by atoms with Gasteiger partial charge < -0.3 is 14.8 Å². The normalized spacial score (nSPS) is 9.60. The summed E-state index contributed by atoms with van der Waals surface area (Å²) in [7, 11) is 1.65. The van der Waals surface area contributed by atoms with Gasteiger partial charge in [0.1, 0.15) is 17.6 Å². The lowest BCUT2D eigenvalue weighted by Gasteiger charge is -2.09. The number of ether oxygens (including phenoxy) is 2. The van der Waals surface area contributed by atoms with Crippen LogP contribution in [0.5, 0.6) is 11.5 Å². The van der Waals surface area contributed by atoms with Crippen LogP contribution in [0.15, 0.2) is 48.5 Å². The van der Waals surface area contributed by atoms with Gasteiger partial charge >= 0.3 is 0 Å². The fourth-order valence-electron chi connectivity index (χ4n) is 1.76. The lowest BCUT2D eigenvalue weighted by Crippen LogP contribution is -2.00. The maximum atomic E-state index is 8.49. The highest BCUT2D eigenvalue weighted by atomic mass is 16.5. The standard InChI is InChI=1S/C16H16N2O2/c1-19-15-7-5-13(6-8-15)12-18-14-3-2-4-16(11-14)20-10-9-17/h2-8,11,18H,10,12H2,1H3. The SMILES string of the molecule is COc1ccc(CNc2cccc(OCC#N)c2)cc1. The molecule has 0 radical (unpaired) electrons. The van der Waals surface area contributed by atoms with Crippen LogP contribution in [0.2, 0.25) is 0 Å². The Morgan fingerprint density at radius 1 is 1.10 bits per heavy atom. The summed E-state index contributed by atoms with van der Waals surface area (Å²) in [6.07, 6.45) is 0. The summed E-state index contributed by atoms with van der Waals surface area (Å²) in [5.74, 6) is 1.53. The Balaban J connectivity index is 1.94. The van der Waals surface area contributed by atoms with Crippen molar-refractivity contribution in [3.63, 3.8) is 0 Å². The van der Waals surface area contributed by atoms with E-state index in [2.05, 4.69) is 5.32 Å². The van der Waals surface area contributed by atoms with Gasteiger partial charge in [-0.3, -0.25) is 0 Å². The Morgan fingerprint density at radius 3 is 2.60 bits per heavy atom. The summed E-state index contributed by atoms with van der Waals surface area (Å²) in [4.78, 5) is 0. The van der Waals surface area contributed by atoms with E-state index in [9.17, 15) is 0 Å². The van der Waals surface area contributed by atoms with E-state index in [1.165, 1.54) is 0 Å². The van der Waals surface area contributed by atoms with Gasteiger partial charge in [-0.15, -0.1) is 0 Å². The number of nitriles is 1. The van der Waals surface area contributed by atoms with Gasteiger partial charge in [-0.25, -0.2) is 0 Å². The van der Waals surface area contributed by atoms with Crippen LogP contribution in [-0.2, 0) is 6.54 Å². The van der Waals surface area contributed by atoms with Crippen LogP contribution >= 0.6 is 0 Å². The zero-order chi connectivity index (χ0) is 14.2. The van der Waals surface area contributed by atoms with E-state index in [4.69, 9.17) is 14.7 Å². The van der Waals surface area contributed by atoms with Crippen molar-refractivity contribution in [3.05, 3.63) is 54.1 Å². The van der Waals surface area contributed by atoms with Gasteiger partial charge in [-0.05, 0) is 29.8 Å². The fourth-order valence-corrected chi connectivity index (χ4v) is 1.76. The van der Waals surface area contributed by atoms with E-state index in [1.54, 1.807) is 7.11 Å². The van der Waals surface area contributed by atoms with Crippen molar-refractivity contribution in [3.8, 4) is 17.6 Å². The molecule has 2 aromatic carbocycles. The van der Waals surface area contributed by atoms with Crippen LogP contribution in [0.1, 0.15) is 5.56 Å².